The van der Waals surface area contributed by atoms with E-state index in [1.165, 1.54) is 22.3 Å². The molecular formula is C20H22I2N2S2. The van der Waals surface area contributed by atoms with Crippen LogP contribution in [0.1, 0.15) is 17.5 Å². The minimum atomic E-state index is 0.467. The summed E-state index contributed by atoms with van der Waals surface area (Å²) in [7, 11) is 3.37. The second-order valence-corrected chi connectivity index (χ2v) is 9.42. The molecule has 2 aromatic rings. The second kappa shape index (κ2) is 12.5. The van der Waals surface area contributed by atoms with E-state index in [0.717, 1.165) is 19.5 Å². The number of rotatable bonds is 7. The van der Waals surface area contributed by atoms with Crippen LogP contribution in [0.15, 0.2) is 85.0 Å². The normalized spacial score (nSPS) is 16.0. The van der Waals surface area contributed by atoms with Gasteiger partial charge in [-0.3, -0.25) is 4.72 Å². The van der Waals surface area contributed by atoms with Crippen molar-refractivity contribution in [1.82, 2.24) is 9.03 Å². The van der Waals surface area contributed by atoms with Crippen molar-refractivity contribution in [2.45, 2.75) is 25.6 Å². The Balaban J connectivity index is 0.000000209. The first-order valence-electron chi connectivity index (χ1n) is 8.16. The summed E-state index contributed by atoms with van der Waals surface area (Å²) < 4.78 is 5.54. The smallest absolute Gasteiger partial charge is 0.0499 e. The van der Waals surface area contributed by atoms with Crippen LogP contribution in [0.2, 0.25) is 0 Å². The fourth-order valence-corrected chi connectivity index (χ4v) is 4.95. The van der Waals surface area contributed by atoms with Crippen LogP contribution in [-0.4, -0.2) is 10.3 Å². The first kappa shape index (κ1) is 22.3. The lowest BCUT2D eigenvalue weighted by Gasteiger charge is -2.39. The SMILES string of the molecule is C=C1CC(N(Cc2ccccc2)SI)C1=C.ISNCc1ccccc1. The van der Waals surface area contributed by atoms with E-state index < -0.39 is 0 Å². The van der Waals surface area contributed by atoms with Crippen LogP contribution in [-0.2, 0) is 13.1 Å². The molecule has 0 saturated heterocycles. The molecule has 0 radical (unpaired) electrons. The van der Waals surface area contributed by atoms with E-state index in [4.69, 9.17) is 0 Å². The molecule has 0 aliphatic heterocycles. The summed E-state index contributed by atoms with van der Waals surface area (Å²) in [5, 5.41) is 0. The van der Waals surface area contributed by atoms with Gasteiger partial charge < -0.3 is 0 Å². The molecule has 1 saturated carbocycles. The highest BCUT2D eigenvalue weighted by Gasteiger charge is 2.32. The predicted octanol–water partition coefficient (Wildman–Crippen LogP) is 7.15. The molecule has 0 amide bonds. The molecule has 0 spiro atoms. The molecule has 0 bridgehead atoms. The third-order valence-electron chi connectivity index (χ3n) is 4.09. The summed E-state index contributed by atoms with van der Waals surface area (Å²) in [5.41, 5.74) is 5.07. The van der Waals surface area contributed by atoms with Gasteiger partial charge in [0.2, 0.25) is 0 Å². The van der Waals surface area contributed by atoms with Crippen molar-refractivity contribution in [2.24, 2.45) is 0 Å². The molecule has 1 atom stereocenters. The van der Waals surface area contributed by atoms with E-state index in [1.807, 2.05) is 6.07 Å². The predicted molar refractivity (Wildman–Crippen MR) is 135 cm³/mol. The Labute approximate surface area is 189 Å². The van der Waals surface area contributed by atoms with Crippen LogP contribution in [0.3, 0.4) is 0 Å². The maximum Gasteiger partial charge on any atom is 0.0499 e. The summed E-state index contributed by atoms with van der Waals surface area (Å²) in [6.45, 7) is 9.96. The molecule has 1 N–H and O–H groups in total. The van der Waals surface area contributed by atoms with Gasteiger partial charge in [0, 0.05) is 61.5 Å². The maximum absolute atomic E-state index is 4.08. The lowest BCUT2D eigenvalue weighted by atomic mass is 9.82. The van der Waals surface area contributed by atoms with Gasteiger partial charge in [0.1, 0.15) is 0 Å². The van der Waals surface area contributed by atoms with Crippen molar-refractivity contribution in [1.29, 1.82) is 0 Å². The minimum Gasteiger partial charge on any atom is -0.251 e. The number of nitrogens with zero attached hydrogens (tertiary/aromatic N) is 1. The van der Waals surface area contributed by atoms with E-state index in [-0.39, 0.29) is 0 Å². The molecule has 1 unspecified atom stereocenters. The van der Waals surface area contributed by atoms with Gasteiger partial charge >= 0.3 is 0 Å². The van der Waals surface area contributed by atoms with E-state index in [2.05, 4.69) is 119 Å². The third-order valence-corrected chi connectivity index (χ3v) is 7.35. The van der Waals surface area contributed by atoms with Crippen LogP contribution in [0.4, 0.5) is 0 Å². The second-order valence-electron chi connectivity index (χ2n) is 5.86. The molecule has 1 aliphatic rings. The fraction of sp³-hybridized carbons (Fsp3) is 0.200. The van der Waals surface area contributed by atoms with Crippen LogP contribution in [0.25, 0.3) is 0 Å². The summed E-state index contributed by atoms with van der Waals surface area (Å²) in [6, 6.07) is 21.4. The van der Waals surface area contributed by atoms with Gasteiger partial charge in [0.05, 0.1) is 0 Å². The van der Waals surface area contributed by atoms with Crippen molar-refractivity contribution in [3.63, 3.8) is 0 Å². The van der Waals surface area contributed by atoms with Crippen LogP contribution >= 0.6 is 60.6 Å². The Kier molecular flexibility index (Phi) is 10.7. The van der Waals surface area contributed by atoms with Gasteiger partial charge in [-0.15, -0.1) is 0 Å². The minimum absolute atomic E-state index is 0.467. The highest BCUT2D eigenvalue weighted by Crippen LogP contribution is 2.40. The molecule has 2 aromatic carbocycles. The topological polar surface area (TPSA) is 15.3 Å². The Morgan fingerprint density at radius 2 is 1.54 bits per heavy atom. The largest absolute Gasteiger partial charge is 0.251 e. The zero-order chi connectivity index (χ0) is 18.8. The Hall–Kier alpha value is -0.000000000000000222. The van der Waals surface area contributed by atoms with Gasteiger partial charge in [0.15, 0.2) is 0 Å². The van der Waals surface area contributed by atoms with Gasteiger partial charge in [0.25, 0.3) is 0 Å². The summed E-state index contributed by atoms with van der Waals surface area (Å²) in [6.07, 6.45) is 1.06. The van der Waals surface area contributed by atoms with Crippen LogP contribution in [0.5, 0.6) is 0 Å². The zero-order valence-corrected chi connectivity index (χ0v) is 20.4. The van der Waals surface area contributed by atoms with Crippen molar-refractivity contribution >= 4 is 60.6 Å². The first-order chi connectivity index (χ1) is 12.7. The number of hydrogen-bond acceptors (Lipinski definition) is 4. The van der Waals surface area contributed by atoms with Crippen molar-refractivity contribution < 1.29 is 0 Å². The average molecular weight is 608 g/mol. The molecule has 1 fully saturated rings. The van der Waals surface area contributed by atoms with E-state index in [0.29, 0.717) is 6.04 Å². The Morgan fingerprint density at radius 3 is 2.00 bits per heavy atom. The molecule has 1 aliphatic carbocycles. The zero-order valence-electron chi connectivity index (χ0n) is 14.4. The summed E-state index contributed by atoms with van der Waals surface area (Å²) in [5.74, 6) is 0. The molecule has 0 heterocycles. The van der Waals surface area contributed by atoms with Gasteiger partial charge in [-0.1, -0.05) is 73.8 Å². The molecule has 0 aromatic heterocycles. The molecule has 6 heteroatoms. The third kappa shape index (κ3) is 7.20. The molecular weight excluding hydrogens is 586 g/mol. The molecule has 2 nitrogen and oxygen atoms in total. The van der Waals surface area contributed by atoms with Crippen molar-refractivity contribution in [2.75, 3.05) is 0 Å². The average Bonchev–Trinajstić information content (AvgIpc) is 2.70. The van der Waals surface area contributed by atoms with E-state index >= 15 is 0 Å². The molecule has 3 rings (SSSR count). The Morgan fingerprint density at radius 1 is 0.962 bits per heavy atom. The van der Waals surface area contributed by atoms with Crippen molar-refractivity contribution in [3.8, 4) is 0 Å². The fourth-order valence-electron chi connectivity index (χ4n) is 2.52. The van der Waals surface area contributed by atoms with E-state index in [9.17, 15) is 0 Å². The summed E-state index contributed by atoms with van der Waals surface area (Å²) >= 11 is 4.56. The molecule has 138 valence electrons. The van der Waals surface area contributed by atoms with Gasteiger partial charge in [-0.05, 0) is 46.9 Å². The Bertz CT molecular complexity index is 695. The van der Waals surface area contributed by atoms with Gasteiger partial charge in [-0.2, -0.15) is 0 Å². The molecule has 26 heavy (non-hydrogen) atoms. The van der Waals surface area contributed by atoms with Crippen LogP contribution in [0, 0.1) is 0 Å². The number of hydrogen-bond donors (Lipinski definition) is 1. The number of halogens is 2. The van der Waals surface area contributed by atoms with E-state index in [1.54, 1.807) is 18.2 Å². The lowest BCUT2D eigenvalue weighted by Crippen LogP contribution is -2.37. The number of nitrogens with one attached hydrogen (secondary N) is 1. The van der Waals surface area contributed by atoms with Crippen LogP contribution < -0.4 is 4.72 Å². The lowest BCUT2D eigenvalue weighted by molar-refractivity contribution is 0.356. The monoisotopic (exact) mass is 608 g/mol. The first-order valence-corrected chi connectivity index (χ1v) is 14.8. The van der Waals surface area contributed by atoms with Gasteiger partial charge in [-0.25, -0.2) is 4.31 Å². The maximum atomic E-state index is 4.08. The highest BCUT2D eigenvalue weighted by molar-refractivity contribution is 14.2. The highest BCUT2D eigenvalue weighted by atomic mass is 127. The quantitative estimate of drug-likeness (QED) is 0.266. The number of benzene rings is 2. The van der Waals surface area contributed by atoms with Crippen molar-refractivity contribution in [3.05, 3.63) is 96.1 Å². The summed E-state index contributed by atoms with van der Waals surface area (Å²) in [4.78, 5) is 0. The standard InChI is InChI=1S/C13H14INS.C7H8INS/c1-10-8-13(11(10)2)15(16-14)9-12-6-4-3-5-7-12;8-10-9-6-7-4-2-1-3-5-7/h3-7,13H,1-2,8-9H2;1-5,9H,6H2.